The number of nitrogens with one attached hydrogen (secondary N) is 1. The molecule has 6 nitrogen and oxygen atoms in total. The molecule has 1 aliphatic heterocycles. The van der Waals surface area contributed by atoms with E-state index in [1.54, 1.807) is 24.3 Å². The largest absolute Gasteiger partial charge is 0.396 e. The molecular formula is C29H32F3N3O3. The zero-order chi connectivity index (χ0) is 27.4. The van der Waals surface area contributed by atoms with Gasteiger partial charge in [-0.15, -0.1) is 0 Å². The van der Waals surface area contributed by atoms with E-state index in [1.807, 2.05) is 6.92 Å². The number of pyridine rings is 1. The Hall–Kier alpha value is -3.43. The maximum atomic E-state index is 15.4. The second kappa shape index (κ2) is 11.5. The van der Waals surface area contributed by atoms with Gasteiger partial charge in [-0.2, -0.15) is 0 Å². The van der Waals surface area contributed by atoms with Gasteiger partial charge in [-0.25, -0.2) is 13.2 Å². The van der Waals surface area contributed by atoms with Crippen LogP contribution in [-0.2, 0) is 16.8 Å². The van der Waals surface area contributed by atoms with Crippen LogP contribution < -0.4 is 10.2 Å². The van der Waals surface area contributed by atoms with Gasteiger partial charge in [-0.05, 0) is 86.7 Å². The molecule has 0 aliphatic carbocycles. The molecule has 38 heavy (non-hydrogen) atoms. The van der Waals surface area contributed by atoms with E-state index < -0.39 is 23.7 Å². The van der Waals surface area contributed by atoms with Gasteiger partial charge < -0.3 is 20.1 Å². The van der Waals surface area contributed by atoms with Gasteiger partial charge in [-0.1, -0.05) is 6.07 Å². The Morgan fingerprint density at radius 3 is 2.74 bits per heavy atom. The summed E-state index contributed by atoms with van der Waals surface area (Å²) < 4.78 is 49.8. The van der Waals surface area contributed by atoms with E-state index in [0.717, 1.165) is 5.56 Å². The molecule has 3 aromatic rings. The third-order valence-corrected chi connectivity index (χ3v) is 6.57. The summed E-state index contributed by atoms with van der Waals surface area (Å²) in [7, 11) is 0. The fraction of sp³-hybridized carbons (Fsp3) is 0.379. The summed E-state index contributed by atoms with van der Waals surface area (Å²) in [6.07, 6.45) is 0.582. The SMILES string of the molecule is Cc1ccc(NC(=O)c2ccnc(C(C)(C)F)c2)cc1-c1cc(F)c(CCCO)c(N2CCOC[C@@H]2F)c1. The summed E-state index contributed by atoms with van der Waals surface area (Å²) in [5.74, 6) is -0.927. The Morgan fingerprint density at radius 2 is 2.03 bits per heavy atom. The Balaban J connectivity index is 1.69. The van der Waals surface area contributed by atoms with Crippen molar-refractivity contribution in [3.8, 4) is 11.1 Å². The number of ether oxygens (including phenoxy) is 1. The fourth-order valence-corrected chi connectivity index (χ4v) is 4.49. The van der Waals surface area contributed by atoms with E-state index in [-0.39, 0.29) is 37.4 Å². The number of nitrogens with zero attached hydrogens (tertiary/aromatic N) is 2. The number of morpholine rings is 1. The molecule has 0 bridgehead atoms. The van der Waals surface area contributed by atoms with Gasteiger partial charge in [0.25, 0.3) is 5.91 Å². The highest BCUT2D eigenvalue weighted by molar-refractivity contribution is 6.04. The molecule has 1 fully saturated rings. The number of anilines is 2. The molecule has 0 saturated carbocycles. The first-order valence-electron chi connectivity index (χ1n) is 12.6. The highest BCUT2D eigenvalue weighted by Crippen LogP contribution is 2.36. The molecule has 9 heteroatoms. The van der Waals surface area contributed by atoms with E-state index in [1.165, 1.54) is 43.1 Å². The summed E-state index contributed by atoms with van der Waals surface area (Å²) in [5, 5.41) is 12.1. The standard InChI is InChI=1S/C29H32F3N3O3/c1-18-6-7-21(34-28(37)19-8-9-33-26(15-19)29(2,3)32)16-23(18)20-13-24(30)22(5-4-11-36)25(14-20)35-10-12-38-17-27(35)31/h6-9,13-16,27,36H,4-5,10-12,17H2,1-3H3,(H,34,37)/t27-/m1/s1. The number of aliphatic hydroxyl groups is 1. The smallest absolute Gasteiger partial charge is 0.255 e. The monoisotopic (exact) mass is 527 g/mol. The van der Waals surface area contributed by atoms with Crippen molar-refractivity contribution < 1.29 is 27.8 Å². The van der Waals surface area contributed by atoms with Crippen molar-refractivity contribution >= 4 is 17.3 Å². The van der Waals surface area contributed by atoms with E-state index in [0.29, 0.717) is 41.1 Å². The van der Waals surface area contributed by atoms with Gasteiger partial charge >= 0.3 is 0 Å². The molecule has 1 aliphatic rings. The number of carbonyl (C=O) groups is 1. The van der Waals surface area contributed by atoms with Crippen LogP contribution in [0.2, 0.25) is 0 Å². The Morgan fingerprint density at radius 1 is 1.24 bits per heavy atom. The van der Waals surface area contributed by atoms with E-state index in [2.05, 4.69) is 10.3 Å². The maximum absolute atomic E-state index is 15.4. The highest BCUT2D eigenvalue weighted by atomic mass is 19.1. The van der Waals surface area contributed by atoms with Gasteiger partial charge in [0, 0.05) is 41.9 Å². The van der Waals surface area contributed by atoms with Crippen molar-refractivity contribution in [2.24, 2.45) is 0 Å². The maximum Gasteiger partial charge on any atom is 0.255 e. The van der Waals surface area contributed by atoms with Gasteiger partial charge in [0.1, 0.15) is 11.5 Å². The van der Waals surface area contributed by atoms with E-state index in [4.69, 9.17) is 4.74 Å². The number of alkyl halides is 2. The van der Waals surface area contributed by atoms with Crippen molar-refractivity contribution in [2.45, 2.75) is 45.6 Å². The molecule has 2 heterocycles. The Labute approximate surface area is 220 Å². The number of hydrogen-bond acceptors (Lipinski definition) is 5. The Kier molecular flexibility index (Phi) is 8.38. The summed E-state index contributed by atoms with van der Waals surface area (Å²) in [6.45, 7) is 4.98. The number of aliphatic hydroxyl groups excluding tert-OH is 1. The lowest BCUT2D eigenvalue weighted by molar-refractivity contribution is 0.0495. The minimum Gasteiger partial charge on any atom is -0.396 e. The first kappa shape index (κ1) is 27.6. The molecule has 1 atom stereocenters. The summed E-state index contributed by atoms with van der Waals surface area (Å²) in [5.41, 5.74) is 1.98. The van der Waals surface area contributed by atoms with Crippen molar-refractivity contribution in [3.63, 3.8) is 0 Å². The molecule has 4 rings (SSSR count). The number of hydrogen-bond donors (Lipinski definition) is 2. The second-order valence-corrected chi connectivity index (χ2v) is 9.87. The van der Waals surface area contributed by atoms with Crippen molar-refractivity contribution in [3.05, 3.63) is 76.9 Å². The number of aryl methyl sites for hydroxylation is 1. The molecule has 1 aromatic heterocycles. The molecule has 1 saturated heterocycles. The number of rotatable bonds is 8. The molecular weight excluding hydrogens is 495 g/mol. The number of amides is 1. The van der Waals surface area contributed by atoms with Crippen LogP contribution in [0, 0.1) is 12.7 Å². The summed E-state index contributed by atoms with van der Waals surface area (Å²) in [4.78, 5) is 18.4. The quantitative estimate of drug-likeness (QED) is 0.367. The summed E-state index contributed by atoms with van der Waals surface area (Å²) in [6, 6.07) is 11.3. The van der Waals surface area contributed by atoms with Crippen LogP contribution in [0.25, 0.3) is 11.1 Å². The van der Waals surface area contributed by atoms with Gasteiger partial charge in [0.05, 0.1) is 18.9 Å². The topological polar surface area (TPSA) is 74.7 Å². The van der Waals surface area contributed by atoms with Gasteiger partial charge in [-0.3, -0.25) is 9.78 Å². The fourth-order valence-electron chi connectivity index (χ4n) is 4.49. The van der Waals surface area contributed by atoms with E-state index in [9.17, 15) is 18.7 Å². The summed E-state index contributed by atoms with van der Waals surface area (Å²) >= 11 is 0. The molecule has 202 valence electrons. The highest BCUT2D eigenvalue weighted by Gasteiger charge is 2.27. The van der Waals surface area contributed by atoms with Crippen molar-refractivity contribution in [1.29, 1.82) is 0 Å². The van der Waals surface area contributed by atoms with E-state index >= 15 is 4.39 Å². The second-order valence-electron chi connectivity index (χ2n) is 9.87. The number of halogens is 3. The average Bonchev–Trinajstić information content (AvgIpc) is 2.88. The third kappa shape index (κ3) is 6.16. The molecule has 0 spiro atoms. The lowest BCUT2D eigenvalue weighted by Crippen LogP contribution is -2.43. The van der Waals surface area contributed by atoms with Crippen LogP contribution >= 0.6 is 0 Å². The van der Waals surface area contributed by atoms with Gasteiger partial charge in [0.15, 0.2) is 6.30 Å². The molecule has 0 radical (unpaired) electrons. The third-order valence-electron chi connectivity index (χ3n) is 6.57. The Bertz CT molecular complexity index is 1310. The van der Waals surface area contributed by atoms with Crippen LogP contribution in [0.5, 0.6) is 0 Å². The zero-order valence-electron chi connectivity index (χ0n) is 21.7. The molecule has 2 aromatic carbocycles. The number of carbonyl (C=O) groups excluding carboxylic acids is 1. The first-order chi connectivity index (χ1) is 18.1. The van der Waals surface area contributed by atoms with Crippen LogP contribution in [0.1, 0.15) is 47.4 Å². The molecule has 1 amide bonds. The zero-order valence-corrected chi connectivity index (χ0v) is 21.7. The molecule has 0 unspecified atom stereocenters. The van der Waals surface area contributed by atoms with Crippen LogP contribution in [0.15, 0.2) is 48.7 Å². The minimum atomic E-state index is -1.70. The lowest BCUT2D eigenvalue weighted by atomic mass is 9.95. The average molecular weight is 528 g/mol. The van der Waals surface area contributed by atoms with Gasteiger partial charge in [0.2, 0.25) is 0 Å². The van der Waals surface area contributed by atoms with Crippen molar-refractivity contribution in [2.75, 3.05) is 36.6 Å². The van der Waals surface area contributed by atoms with Crippen LogP contribution in [0.3, 0.4) is 0 Å². The van der Waals surface area contributed by atoms with Crippen molar-refractivity contribution in [1.82, 2.24) is 4.98 Å². The predicted molar refractivity (Wildman–Crippen MR) is 141 cm³/mol. The lowest BCUT2D eigenvalue weighted by Gasteiger charge is -2.34. The minimum absolute atomic E-state index is 0.106. The first-order valence-corrected chi connectivity index (χ1v) is 12.6. The number of aromatic nitrogens is 1. The number of benzene rings is 2. The van der Waals surface area contributed by atoms with Crippen LogP contribution in [-0.4, -0.2) is 48.7 Å². The normalized spacial score (nSPS) is 16.0. The predicted octanol–water partition coefficient (Wildman–Crippen LogP) is 5.71. The van der Waals surface area contributed by atoms with Crippen LogP contribution in [0.4, 0.5) is 24.5 Å². The molecule has 2 N–H and O–H groups in total.